The first-order valence-electron chi connectivity index (χ1n) is 13.3. The van der Waals surface area contributed by atoms with Gasteiger partial charge in [0.1, 0.15) is 23.4 Å². The summed E-state index contributed by atoms with van der Waals surface area (Å²) in [5.74, 6) is -1.77. The minimum atomic E-state index is -1.27. The SMILES string of the molecule is C#CN(C(=O)C(Cc1ccc(O)cc1)NC(=O)OC(C)(C)C)C(C(=O)NCCC(=O)OCC)c1ccc(C)cc1C. The number of carbonyl (C=O) groups is 4. The van der Waals surface area contributed by atoms with E-state index in [0.29, 0.717) is 11.1 Å². The Morgan fingerprint density at radius 1 is 1.07 bits per heavy atom. The molecule has 0 aliphatic rings. The van der Waals surface area contributed by atoms with Crippen molar-refractivity contribution >= 4 is 23.9 Å². The number of esters is 1. The molecule has 3 amide bonds. The zero-order valence-corrected chi connectivity index (χ0v) is 24.4. The van der Waals surface area contributed by atoms with E-state index in [1.165, 1.54) is 12.1 Å². The molecule has 0 fully saturated rings. The van der Waals surface area contributed by atoms with E-state index in [1.54, 1.807) is 58.9 Å². The van der Waals surface area contributed by atoms with Crippen LogP contribution in [0.25, 0.3) is 0 Å². The van der Waals surface area contributed by atoms with E-state index in [1.807, 2.05) is 13.0 Å². The molecule has 0 bridgehead atoms. The summed E-state index contributed by atoms with van der Waals surface area (Å²) in [4.78, 5) is 53.1. The molecule has 2 rings (SSSR count). The van der Waals surface area contributed by atoms with E-state index in [4.69, 9.17) is 15.9 Å². The molecule has 2 unspecified atom stereocenters. The normalized spacial score (nSPS) is 12.3. The maximum Gasteiger partial charge on any atom is 0.408 e. The van der Waals surface area contributed by atoms with Crippen LogP contribution in [0.15, 0.2) is 42.5 Å². The van der Waals surface area contributed by atoms with Crippen LogP contribution in [-0.2, 0) is 30.3 Å². The zero-order chi connectivity index (χ0) is 30.7. The second kappa shape index (κ2) is 14.7. The predicted molar refractivity (Wildman–Crippen MR) is 154 cm³/mol. The van der Waals surface area contributed by atoms with Crippen molar-refractivity contribution in [3.63, 3.8) is 0 Å². The summed E-state index contributed by atoms with van der Waals surface area (Å²) in [5, 5.41) is 14.9. The van der Waals surface area contributed by atoms with Crippen LogP contribution >= 0.6 is 0 Å². The lowest BCUT2D eigenvalue weighted by Crippen LogP contribution is -2.52. The van der Waals surface area contributed by atoms with E-state index in [-0.39, 0.29) is 31.7 Å². The van der Waals surface area contributed by atoms with Gasteiger partial charge in [-0.3, -0.25) is 19.3 Å². The Hall–Kier alpha value is -4.52. The molecule has 0 aliphatic heterocycles. The average Bonchev–Trinajstić information content (AvgIpc) is 2.87. The second-order valence-electron chi connectivity index (χ2n) is 10.5. The van der Waals surface area contributed by atoms with Crippen LogP contribution in [0, 0.1) is 26.3 Å². The van der Waals surface area contributed by atoms with Gasteiger partial charge < -0.3 is 25.2 Å². The van der Waals surface area contributed by atoms with Crippen molar-refractivity contribution in [3.05, 3.63) is 64.7 Å². The molecule has 10 nitrogen and oxygen atoms in total. The average molecular weight is 566 g/mol. The second-order valence-corrected chi connectivity index (χ2v) is 10.5. The summed E-state index contributed by atoms with van der Waals surface area (Å²) >= 11 is 0. The lowest BCUT2D eigenvalue weighted by atomic mass is 9.96. The number of phenols is 1. The van der Waals surface area contributed by atoms with Crippen molar-refractivity contribution in [1.82, 2.24) is 15.5 Å². The summed E-state index contributed by atoms with van der Waals surface area (Å²) in [7, 11) is 0. The molecule has 0 saturated carbocycles. The molecule has 0 saturated heterocycles. The van der Waals surface area contributed by atoms with Crippen molar-refractivity contribution in [2.24, 2.45) is 0 Å². The third kappa shape index (κ3) is 10.2. The monoisotopic (exact) mass is 565 g/mol. The quantitative estimate of drug-likeness (QED) is 0.215. The van der Waals surface area contributed by atoms with Crippen molar-refractivity contribution in [1.29, 1.82) is 0 Å². The number of aromatic hydroxyl groups is 1. The van der Waals surface area contributed by atoms with Gasteiger partial charge in [0.05, 0.1) is 13.0 Å². The summed E-state index contributed by atoms with van der Waals surface area (Å²) in [6.45, 7) is 10.6. The Morgan fingerprint density at radius 3 is 2.29 bits per heavy atom. The van der Waals surface area contributed by atoms with Gasteiger partial charge in [-0.1, -0.05) is 42.3 Å². The molecule has 2 aromatic carbocycles. The number of rotatable bonds is 11. The molecule has 0 spiro atoms. The van der Waals surface area contributed by atoms with Crippen LogP contribution in [0.5, 0.6) is 5.75 Å². The predicted octanol–water partition coefficient (Wildman–Crippen LogP) is 3.67. The number of ether oxygens (including phenoxy) is 2. The smallest absolute Gasteiger partial charge is 0.408 e. The molecule has 0 radical (unpaired) electrons. The van der Waals surface area contributed by atoms with Crippen LogP contribution in [0.2, 0.25) is 0 Å². The molecule has 220 valence electrons. The maximum atomic E-state index is 14.0. The Labute approximate surface area is 241 Å². The standard InChI is InChI=1S/C31H39N3O7/c1-8-34(27(24-15-10-20(3)18-21(24)4)28(37)32-17-16-26(36)40-9-2)29(38)25(33-30(39)41-31(5,6)7)19-22-11-13-23(35)14-12-22/h1,10-15,18,25,27,35H,9,16-17,19H2,2-7H3,(H,32,37)(H,33,39). The lowest BCUT2D eigenvalue weighted by Gasteiger charge is -2.31. The molecule has 41 heavy (non-hydrogen) atoms. The first-order valence-corrected chi connectivity index (χ1v) is 13.3. The Bertz CT molecular complexity index is 1280. The summed E-state index contributed by atoms with van der Waals surface area (Å²) in [6.07, 6.45) is 4.95. The Morgan fingerprint density at radius 2 is 1.73 bits per heavy atom. The van der Waals surface area contributed by atoms with Crippen LogP contribution in [0.1, 0.15) is 62.4 Å². The van der Waals surface area contributed by atoms with Crippen LogP contribution in [-0.4, -0.2) is 58.7 Å². The van der Waals surface area contributed by atoms with E-state index in [0.717, 1.165) is 16.0 Å². The van der Waals surface area contributed by atoms with Gasteiger partial charge in [-0.15, -0.1) is 0 Å². The zero-order valence-electron chi connectivity index (χ0n) is 24.4. The number of nitrogens with one attached hydrogen (secondary N) is 2. The molecular weight excluding hydrogens is 526 g/mol. The van der Waals surface area contributed by atoms with Gasteiger partial charge >= 0.3 is 12.1 Å². The third-order valence-electron chi connectivity index (χ3n) is 5.90. The fraction of sp³-hybridized carbons (Fsp3) is 0.419. The van der Waals surface area contributed by atoms with Gasteiger partial charge in [-0.05, 0) is 70.4 Å². The van der Waals surface area contributed by atoms with Gasteiger partial charge in [0.2, 0.25) is 5.91 Å². The van der Waals surface area contributed by atoms with Crippen LogP contribution < -0.4 is 10.6 Å². The Kier molecular flexibility index (Phi) is 11.8. The highest BCUT2D eigenvalue weighted by Crippen LogP contribution is 2.26. The number of hydrogen-bond acceptors (Lipinski definition) is 7. The van der Waals surface area contributed by atoms with Gasteiger partial charge in [0.25, 0.3) is 5.91 Å². The van der Waals surface area contributed by atoms with E-state index >= 15 is 0 Å². The molecule has 2 atom stereocenters. The number of hydrogen-bond donors (Lipinski definition) is 3. The summed E-state index contributed by atoms with van der Waals surface area (Å²) < 4.78 is 10.3. The first-order chi connectivity index (χ1) is 19.2. The number of phenolic OH excluding ortho intramolecular Hbond substituents is 1. The number of aryl methyl sites for hydroxylation is 2. The van der Waals surface area contributed by atoms with Gasteiger partial charge in [-0.2, -0.15) is 0 Å². The maximum absolute atomic E-state index is 14.0. The summed E-state index contributed by atoms with van der Waals surface area (Å²) in [5.41, 5.74) is 1.94. The number of benzene rings is 2. The molecule has 2 aromatic rings. The number of nitrogens with zero attached hydrogens (tertiary/aromatic N) is 1. The third-order valence-corrected chi connectivity index (χ3v) is 5.90. The largest absolute Gasteiger partial charge is 0.508 e. The molecule has 0 aromatic heterocycles. The number of amides is 3. The van der Waals surface area contributed by atoms with Gasteiger partial charge in [0, 0.05) is 19.0 Å². The van der Waals surface area contributed by atoms with Crippen LogP contribution in [0.4, 0.5) is 4.79 Å². The molecule has 0 aliphatic carbocycles. The lowest BCUT2D eigenvalue weighted by molar-refractivity contribution is -0.143. The van der Waals surface area contributed by atoms with Crippen molar-refractivity contribution in [2.75, 3.05) is 13.2 Å². The van der Waals surface area contributed by atoms with E-state index in [9.17, 15) is 24.3 Å². The molecule has 0 heterocycles. The highest BCUT2D eigenvalue weighted by atomic mass is 16.6. The number of carbonyl (C=O) groups excluding carboxylic acids is 4. The van der Waals surface area contributed by atoms with E-state index in [2.05, 4.69) is 16.7 Å². The number of terminal acetylenes is 1. The van der Waals surface area contributed by atoms with Crippen molar-refractivity contribution in [2.45, 2.75) is 72.1 Å². The Balaban J connectivity index is 2.47. The summed E-state index contributed by atoms with van der Waals surface area (Å²) in [6, 6.07) is 11.4. The fourth-order valence-corrected chi connectivity index (χ4v) is 4.10. The highest BCUT2D eigenvalue weighted by Gasteiger charge is 2.36. The van der Waals surface area contributed by atoms with Crippen molar-refractivity contribution in [3.8, 4) is 18.2 Å². The van der Waals surface area contributed by atoms with Gasteiger partial charge in [0.15, 0.2) is 0 Å². The highest BCUT2D eigenvalue weighted by molar-refractivity contribution is 5.93. The topological polar surface area (TPSA) is 134 Å². The van der Waals surface area contributed by atoms with Gasteiger partial charge in [-0.25, -0.2) is 4.79 Å². The molecule has 10 heteroatoms. The fourth-order valence-electron chi connectivity index (χ4n) is 4.10. The van der Waals surface area contributed by atoms with Crippen LogP contribution in [0.3, 0.4) is 0 Å². The minimum Gasteiger partial charge on any atom is -0.508 e. The minimum absolute atomic E-state index is 0.000609. The first kappa shape index (κ1) is 32.7. The molecule has 3 N–H and O–H groups in total. The number of alkyl carbamates (subject to hydrolysis) is 1. The van der Waals surface area contributed by atoms with E-state index < -0.39 is 41.6 Å². The molecular formula is C31H39N3O7. The van der Waals surface area contributed by atoms with Crippen molar-refractivity contribution < 1.29 is 33.8 Å².